The van der Waals surface area contributed by atoms with E-state index >= 15 is 0 Å². The molecule has 3 rings (SSSR count). The van der Waals surface area contributed by atoms with E-state index in [4.69, 9.17) is 10.2 Å². The number of carboxylic acids is 1. The maximum Gasteiger partial charge on any atom is 0.336 e. The third kappa shape index (κ3) is 4.52. The number of hydrogen-bond acceptors (Lipinski definition) is 5. The van der Waals surface area contributed by atoms with Crippen molar-refractivity contribution in [3.8, 4) is 0 Å². The standard InChI is InChI=1S/C20H18N2O5/c21-14-6-7-15-13(10-19(24)27-17(15)11-14)9-18(23)22-16(20(25)26)8-12-4-2-1-3-5-12/h1-7,10-11,16H,8-9,21H2,(H,22,23)(H,25,26)/t16-/m0/s1. The first-order chi connectivity index (χ1) is 12.9. The van der Waals surface area contributed by atoms with Crippen molar-refractivity contribution in [2.45, 2.75) is 18.9 Å². The van der Waals surface area contributed by atoms with Crippen LogP contribution in [0.1, 0.15) is 11.1 Å². The number of carbonyl (C=O) groups is 2. The number of anilines is 1. The highest BCUT2D eigenvalue weighted by molar-refractivity contribution is 5.90. The van der Waals surface area contributed by atoms with Gasteiger partial charge in [-0.2, -0.15) is 0 Å². The molecular weight excluding hydrogens is 348 g/mol. The van der Waals surface area contributed by atoms with Crippen molar-refractivity contribution in [2.24, 2.45) is 0 Å². The molecule has 0 bridgehead atoms. The Morgan fingerprint density at radius 1 is 1.11 bits per heavy atom. The third-order valence-corrected chi connectivity index (χ3v) is 4.12. The molecule has 7 heteroatoms. The molecule has 3 aromatic rings. The SMILES string of the molecule is Nc1ccc2c(CC(=O)N[C@@H](Cc3ccccc3)C(=O)O)cc(=O)oc2c1. The van der Waals surface area contributed by atoms with Crippen LogP contribution in [-0.2, 0) is 22.4 Å². The highest BCUT2D eigenvalue weighted by atomic mass is 16.4. The Labute approximate surface area is 154 Å². The molecule has 0 fully saturated rings. The average Bonchev–Trinajstić information content (AvgIpc) is 2.61. The van der Waals surface area contributed by atoms with Crippen molar-refractivity contribution in [3.63, 3.8) is 0 Å². The van der Waals surface area contributed by atoms with Crippen molar-refractivity contribution in [3.05, 3.63) is 76.1 Å². The van der Waals surface area contributed by atoms with E-state index in [0.717, 1.165) is 5.56 Å². The van der Waals surface area contributed by atoms with Crippen molar-refractivity contribution in [1.82, 2.24) is 5.32 Å². The quantitative estimate of drug-likeness (QED) is 0.451. The van der Waals surface area contributed by atoms with Gasteiger partial charge in [0.15, 0.2) is 0 Å². The molecule has 0 aliphatic carbocycles. The maximum atomic E-state index is 12.4. The number of fused-ring (bicyclic) bond motifs is 1. The van der Waals surface area contributed by atoms with E-state index in [1.807, 2.05) is 6.07 Å². The number of amides is 1. The molecule has 0 unspecified atom stereocenters. The van der Waals surface area contributed by atoms with Gasteiger partial charge in [-0.1, -0.05) is 30.3 Å². The summed E-state index contributed by atoms with van der Waals surface area (Å²) in [6.07, 6.45) is 0.0146. The summed E-state index contributed by atoms with van der Waals surface area (Å²) in [4.78, 5) is 35.6. The fourth-order valence-corrected chi connectivity index (χ4v) is 2.86. The Kier molecular flexibility index (Phi) is 5.21. The summed E-state index contributed by atoms with van der Waals surface area (Å²) in [5, 5.41) is 12.5. The molecule has 0 aliphatic rings. The molecule has 1 atom stereocenters. The normalized spacial score (nSPS) is 11.9. The van der Waals surface area contributed by atoms with Gasteiger partial charge >= 0.3 is 11.6 Å². The van der Waals surface area contributed by atoms with Crippen LogP contribution >= 0.6 is 0 Å². The van der Waals surface area contributed by atoms with Crippen LogP contribution in [0.15, 0.2) is 63.8 Å². The highest BCUT2D eigenvalue weighted by Crippen LogP contribution is 2.20. The fraction of sp³-hybridized carbons (Fsp3) is 0.150. The van der Waals surface area contributed by atoms with E-state index in [-0.39, 0.29) is 18.4 Å². The molecule has 1 amide bonds. The Morgan fingerprint density at radius 3 is 2.56 bits per heavy atom. The van der Waals surface area contributed by atoms with Gasteiger partial charge in [0.2, 0.25) is 5.91 Å². The van der Waals surface area contributed by atoms with Crippen LogP contribution in [0.4, 0.5) is 5.69 Å². The zero-order valence-electron chi connectivity index (χ0n) is 14.3. The molecule has 4 N–H and O–H groups in total. The minimum absolute atomic E-state index is 0.148. The molecule has 1 aromatic heterocycles. The van der Waals surface area contributed by atoms with Gasteiger partial charge in [-0.15, -0.1) is 0 Å². The van der Waals surface area contributed by atoms with E-state index in [1.54, 1.807) is 36.4 Å². The largest absolute Gasteiger partial charge is 0.480 e. The second-order valence-electron chi connectivity index (χ2n) is 6.17. The van der Waals surface area contributed by atoms with Crippen molar-refractivity contribution in [2.75, 3.05) is 5.73 Å². The number of nitrogens with one attached hydrogen (secondary N) is 1. The Bertz CT molecular complexity index is 1040. The van der Waals surface area contributed by atoms with Crippen LogP contribution in [0.5, 0.6) is 0 Å². The number of aliphatic carboxylic acids is 1. The molecule has 27 heavy (non-hydrogen) atoms. The number of benzene rings is 2. The number of nitrogen functional groups attached to an aromatic ring is 1. The average molecular weight is 366 g/mol. The van der Waals surface area contributed by atoms with Crippen LogP contribution in [-0.4, -0.2) is 23.0 Å². The zero-order chi connectivity index (χ0) is 19.4. The second-order valence-corrected chi connectivity index (χ2v) is 6.17. The van der Waals surface area contributed by atoms with Gasteiger partial charge in [-0.05, 0) is 23.3 Å². The lowest BCUT2D eigenvalue weighted by atomic mass is 10.0. The first-order valence-corrected chi connectivity index (χ1v) is 8.31. The topological polar surface area (TPSA) is 123 Å². The molecule has 7 nitrogen and oxygen atoms in total. The van der Waals surface area contributed by atoms with Crippen LogP contribution in [0.25, 0.3) is 11.0 Å². The van der Waals surface area contributed by atoms with Crippen LogP contribution in [0.3, 0.4) is 0 Å². The maximum absolute atomic E-state index is 12.4. The van der Waals surface area contributed by atoms with Gasteiger partial charge in [-0.3, -0.25) is 4.79 Å². The number of carboxylic acid groups (broad SMARTS) is 1. The second kappa shape index (κ2) is 7.74. The lowest BCUT2D eigenvalue weighted by molar-refractivity contribution is -0.141. The van der Waals surface area contributed by atoms with Crippen LogP contribution in [0.2, 0.25) is 0 Å². The molecule has 138 valence electrons. The Hall–Kier alpha value is -3.61. The van der Waals surface area contributed by atoms with E-state index in [9.17, 15) is 19.5 Å². The lowest BCUT2D eigenvalue weighted by Crippen LogP contribution is -2.43. The molecule has 0 saturated heterocycles. The summed E-state index contributed by atoms with van der Waals surface area (Å²) < 4.78 is 5.10. The van der Waals surface area contributed by atoms with Gasteiger partial charge in [-0.25, -0.2) is 9.59 Å². The highest BCUT2D eigenvalue weighted by Gasteiger charge is 2.21. The van der Waals surface area contributed by atoms with Gasteiger partial charge in [0.25, 0.3) is 0 Å². The Balaban J connectivity index is 1.79. The van der Waals surface area contributed by atoms with E-state index in [2.05, 4.69) is 5.32 Å². The number of carbonyl (C=O) groups excluding carboxylic acids is 1. The van der Waals surface area contributed by atoms with Crippen molar-refractivity contribution >= 4 is 28.5 Å². The number of rotatable bonds is 6. The third-order valence-electron chi connectivity index (χ3n) is 4.12. The predicted molar refractivity (Wildman–Crippen MR) is 100 cm³/mol. The fourth-order valence-electron chi connectivity index (χ4n) is 2.86. The summed E-state index contributed by atoms with van der Waals surface area (Å²) in [6, 6.07) is 14.0. The lowest BCUT2D eigenvalue weighted by Gasteiger charge is -2.15. The zero-order valence-corrected chi connectivity index (χ0v) is 14.3. The molecule has 0 saturated carbocycles. The van der Waals surface area contributed by atoms with E-state index < -0.39 is 23.5 Å². The molecule has 2 aromatic carbocycles. The van der Waals surface area contributed by atoms with Crippen LogP contribution < -0.4 is 16.7 Å². The summed E-state index contributed by atoms with van der Waals surface area (Å²) in [5.74, 6) is -1.63. The molecule has 0 radical (unpaired) electrons. The molecule has 0 aliphatic heterocycles. The minimum Gasteiger partial charge on any atom is -0.480 e. The van der Waals surface area contributed by atoms with Crippen molar-refractivity contribution in [1.29, 1.82) is 0 Å². The van der Waals surface area contributed by atoms with Gasteiger partial charge in [0, 0.05) is 29.6 Å². The van der Waals surface area contributed by atoms with E-state index in [1.165, 1.54) is 12.1 Å². The summed E-state index contributed by atoms with van der Waals surface area (Å²) in [5.41, 5.74) is 7.05. The molecule has 0 spiro atoms. The predicted octanol–water partition coefficient (Wildman–Crippen LogP) is 1.73. The monoisotopic (exact) mass is 366 g/mol. The molecule has 1 heterocycles. The first kappa shape index (κ1) is 18.2. The van der Waals surface area contributed by atoms with Gasteiger partial charge in [0.1, 0.15) is 11.6 Å². The molecular formula is C20H18N2O5. The van der Waals surface area contributed by atoms with Crippen LogP contribution in [0, 0.1) is 0 Å². The smallest absolute Gasteiger partial charge is 0.336 e. The Morgan fingerprint density at radius 2 is 1.85 bits per heavy atom. The van der Waals surface area contributed by atoms with Gasteiger partial charge < -0.3 is 20.6 Å². The van der Waals surface area contributed by atoms with E-state index in [0.29, 0.717) is 16.6 Å². The minimum atomic E-state index is -1.13. The number of nitrogens with two attached hydrogens (primary N) is 1. The van der Waals surface area contributed by atoms with Crippen molar-refractivity contribution < 1.29 is 19.1 Å². The number of hydrogen-bond donors (Lipinski definition) is 3. The summed E-state index contributed by atoms with van der Waals surface area (Å²) >= 11 is 0. The van der Waals surface area contributed by atoms with Gasteiger partial charge in [0.05, 0.1) is 6.42 Å². The summed E-state index contributed by atoms with van der Waals surface area (Å²) in [6.45, 7) is 0. The summed E-state index contributed by atoms with van der Waals surface area (Å²) in [7, 11) is 0. The first-order valence-electron chi connectivity index (χ1n) is 8.31.